The van der Waals surface area contributed by atoms with E-state index in [2.05, 4.69) is 15.2 Å². The van der Waals surface area contributed by atoms with Crippen molar-refractivity contribution in [1.82, 2.24) is 20.1 Å². The predicted octanol–water partition coefficient (Wildman–Crippen LogP) is 1.36. The fourth-order valence-corrected chi connectivity index (χ4v) is 3.60. The van der Waals surface area contributed by atoms with Crippen LogP contribution in [-0.4, -0.2) is 71.0 Å². The number of carbonyl (C=O) groups is 2. The van der Waals surface area contributed by atoms with Gasteiger partial charge in [-0.2, -0.15) is 0 Å². The van der Waals surface area contributed by atoms with Gasteiger partial charge in [0.25, 0.3) is 0 Å². The Morgan fingerprint density at radius 1 is 1.27 bits per heavy atom. The molecule has 3 N–H and O–H groups in total. The molecule has 1 amide bonds. The highest BCUT2D eigenvalue weighted by atomic mass is 16.4. The number of carboxylic acids is 1. The van der Waals surface area contributed by atoms with Crippen molar-refractivity contribution in [3.63, 3.8) is 0 Å². The number of benzene rings is 1. The van der Waals surface area contributed by atoms with Crippen LogP contribution in [0.25, 0.3) is 10.9 Å². The van der Waals surface area contributed by atoms with Gasteiger partial charge < -0.3 is 15.4 Å². The van der Waals surface area contributed by atoms with Crippen molar-refractivity contribution in [3.8, 4) is 0 Å². The number of aliphatic carboxylic acids is 1. The maximum absolute atomic E-state index is 12.0. The van der Waals surface area contributed by atoms with E-state index in [9.17, 15) is 14.7 Å². The molecule has 0 unspecified atom stereocenters. The topological polar surface area (TPSA) is 88.7 Å². The molecule has 1 saturated heterocycles. The Hall–Kier alpha value is -2.38. The molecule has 1 aliphatic heterocycles. The van der Waals surface area contributed by atoms with Crippen LogP contribution < -0.4 is 5.32 Å². The lowest BCUT2D eigenvalue weighted by atomic mass is 10.0. The minimum Gasteiger partial charge on any atom is -0.480 e. The van der Waals surface area contributed by atoms with Crippen LogP contribution in [0.2, 0.25) is 0 Å². The number of likely N-dealkylation sites (N-methyl/N-ethyl adjacent to an activating group) is 1. The summed E-state index contributed by atoms with van der Waals surface area (Å²) in [5.74, 6) is -0.826. The summed E-state index contributed by atoms with van der Waals surface area (Å²) in [6.45, 7) is 7.50. The summed E-state index contributed by atoms with van der Waals surface area (Å²) in [6.07, 6.45) is 1.81. The average Bonchev–Trinajstić information content (AvgIpc) is 2.99. The number of H-pyrrole nitrogens is 1. The first-order valence-corrected chi connectivity index (χ1v) is 9.03. The van der Waals surface area contributed by atoms with Gasteiger partial charge in [-0.25, -0.2) is 0 Å². The third-order valence-electron chi connectivity index (χ3n) is 4.91. The Morgan fingerprint density at radius 2 is 2.00 bits per heavy atom. The third-order valence-corrected chi connectivity index (χ3v) is 4.91. The molecule has 7 heteroatoms. The molecule has 0 saturated carbocycles. The van der Waals surface area contributed by atoms with Gasteiger partial charge in [0.2, 0.25) is 5.91 Å². The Morgan fingerprint density at radius 3 is 2.65 bits per heavy atom. The molecule has 1 aliphatic rings. The second kappa shape index (κ2) is 7.88. The molecule has 1 atom stereocenters. The number of aromatic amines is 1. The molecule has 1 aromatic carbocycles. The van der Waals surface area contributed by atoms with Crippen molar-refractivity contribution in [2.24, 2.45) is 0 Å². The molecule has 0 bridgehead atoms. The molecule has 140 valence electrons. The van der Waals surface area contributed by atoms with Crippen LogP contribution in [0, 0.1) is 6.92 Å². The summed E-state index contributed by atoms with van der Waals surface area (Å²) in [5, 5.41) is 13.6. The molecular formula is C19H26N4O3. The molecule has 0 radical (unpaired) electrons. The van der Waals surface area contributed by atoms with Gasteiger partial charge >= 0.3 is 5.97 Å². The second-order valence-corrected chi connectivity index (χ2v) is 6.80. The van der Waals surface area contributed by atoms with E-state index >= 15 is 0 Å². The number of rotatable bonds is 6. The van der Waals surface area contributed by atoms with E-state index in [1.54, 1.807) is 0 Å². The van der Waals surface area contributed by atoms with E-state index in [4.69, 9.17) is 0 Å². The number of piperazine rings is 1. The zero-order chi connectivity index (χ0) is 18.7. The molecule has 0 aliphatic carbocycles. The van der Waals surface area contributed by atoms with E-state index in [0.717, 1.165) is 22.0 Å². The summed E-state index contributed by atoms with van der Waals surface area (Å²) < 4.78 is 0. The van der Waals surface area contributed by atoms with E-state index in [0.29, 0.717) is 39.3 Å². The predicted molar refractivity (Wildman–Crippen MR) is 100 cm³/mol. The first kappa shape index (κ1) is 18.4. The minimum atomic E-state index is -0.843. The number of amides is 1. The maximum atomic E-state index is 12.0. The number of aromatic nitrogens is 1. The Bertz CT molecular complexity index is 793. The Kier molecular flexibility index (Phi) is 5.58. The summed E-state index contributed by atoms with van der Waals surface area (Å²) in [7, 11) is 0. The fraction of sp³-hybridized carbons (Fsp3) is 0.474. The second-order valence-electron chi connectivity index (χ2n) is 6.80. The molecule has 2 aromatic rings. The number of nitrogens with one attached hydrogen (secondary N) is 2. The van der Waals surface area contributed by atoms with Crippen LogP contribution >= 0.6 is 0 Å². The third kappa shape index (κ3) is 3.89. The molecule has 26 heavy (non-hydrogen) atoms. The summed E-state index contributed by atoms with van der Waals surface area (Å²) >= 11 is 0. The number of hydrogen-bond donors (Lipinski definition) is 3. The van der Waals surface area contributed by atoms with Gasteiger partial charge in [-0.3, -0.25) is 19.4 Å². The normalized spacial score (nSPS) is 17.3. The van der Waals surface area contributed by atoms with Crippen molar-refractivity contribution in [3.05, 3.63) is 35.5 Å². The number of nitrogens with zero attached hydrogens (tertiary/aromatic N) is 2. The number of fused-ring (bicyclic) bond motifs is 1. The lowest BCUT2D eigenvalue weighted by Crippen LogP contribution is -2.51. The van der Waals surface area contributed by atoms with Crippen LogP contribution in [0.15, 0.2) is 24.4 Å². The van der Waals surface area contributed by atoms with Crippen LogP contribution in [-0.2, 0) is 9.59 Å². The van der Waals surface area contributed by atoms with Gasteiger partial charge in [0.15, 0.2) is 0 Å². The monoisotopic (exact) mass is 358 g/mol. The van der Waals surface area contributed by atoms with Crippen molar-refractivity contribution in [2.45, 2.75) is 19.9 Å². The van der Waals surface area contributed by atoms with E-state index < -0.39 is 12.0 Å². The van der Waals surface area contributed by atoms with Crippen LogP contribution in [0.1, 0.15) is 24.1 Å². The number of hydrogen-bond acceptors (Lipinski definition) is 4. The van der Waals surface area contributed by atoms with E-state index in [-0.39, 0.29) is 5.91 Å². The van der Waals surface area contributed by atoms with Crippen molar-refractivity contribution >= 4 is 22.8 Å². The smallest absolute Gasteiger partial charge is 0.325 e. The molecular weight excluding hydrogens is 332 g/mol. The first-order chi connectivity index (χ1) is 12.5. The molecule has 7 nitrogen and oxygen atoms in total. The summed E-state index contributed by atoms with van der Waals surface area (Å²) in [6, 6.07) is 5.34. The van der Waals surface area contributed by atoms with Crippen LogP contribution in [0.4, 0.5) is 0 Å². The molecule has 3 rings (SSSR count). The van der Waals surface area contributed by atoms with Crippen molar-refractivity contribution < 1.29 is 14.7 Å². The molecule has 1 aromatic heterocycles. The largest absolute Gasteiger partial charge is 0.480 e. The number of carbonyl (C=O) groups excluding carboxylic acids is 1. The zero-order valence-electron chi connectivity index (χ0n) is 15.3. The Labute approximate surface area is 153 Å². The highest BCUT2D eigenvalue weighted by Crippen LogP contribution is 2.30. The lowest BCUT2D eigenvalue weighted by Gasteiger charge is -2.37. The maximum Gasteiger partial charge on any atom is 0.325 e. The molecule has 0 spiro atoms. The molecule has 1 fully saturated rings. The standard InChI is InChI=1S/C19H26N4O3/c1-3-20-17(24)12-22-6-8-23(9-7-22)18(19(25)26)15-11-21-16-5-4-13(2)10-14(15)16/h4-5,10-11,18,21H,3,6-9,12H2,1-2H3,(H,20,24)(H,25,26)/t18-/m1/s1. The summed E-state index contributed by atoms with van der Waals surface area (Å²) in [4.78, 5) is 31.0. The van der Waals surface area contributed by atoms with Gasteiger partial charge in [0, 0.05) is 55.4 Å². The van der Waals surface area contributed by atoms with Crippen LogP contribution in [0.3, 0.4) is 0 Å². The van der Waals surface area contributed by atoms with Crippen molar-refractivity contribution in [1.29, 1.82) is 0 Å². The quantitative estimate of drug-likeness (QED) is 0.726. The van der Waals surface area contributed by atoms with Gasteiger partial charge in [-0.1, -0.05) is 11.6 Å². The van der Waals surface area contributed by atoms with Gasteiger partial charge in [0.05, 0.1) is 6.54 Å². The first-order valence-electron chi connectivity index (χ1n) is 9.03. The minimum absolute atomic E-state index is 0.0165. The SMILES string of the molecule is CCNC(=O)CN1CCN([C@@H](C(=O)O)c2c[nH]c3ccc(C)cc23)CC1. The highest BCUT2D eigenvalue weighted by Gasteiger charge is 2.32. The lowest BCUT2D eigenvalue weighted by molar-refractivity contribution is -0.144. The molecule has 2 heterocycles. The van der Waals surface area contributed by atoms with Gasteiger partial charge in [0.1, 0.15) is 6.04 Å². The van der Waals surface area contributed by atoms with Gasteiger partial charge in [-0.05, 0) is 26.0 Å². The Balaban J connectivity index is 1.74. The van der Waals surface area contributed by atoms with E-state index in [1.807, 2.05) is 43.1 Å². The van der Waals surface area contributed by atoms with Crippen molar-refractivity contribution in [2.75, 3.05) is 39.3 Å². The highest BCUT2D eigenvalue weighted by molar-refractivity contribution is 5.89. The van der Waals surface area contributed by atoms with Gasteiger partial charge in [-0.15, -0.1) is 0 Å². The summed E-state index contributed by atoms with van der Waals surface area (Å²) in [5.41, 5.74) is 2.86. The average molecular weight is 358 g/mol. The number of aryl methyl sites for hydroxylation is 1. The fourth-order valence-electron chi connectivity index (χ4n) is 3.60. The number of carboxylic acid groups (broad SMARTS) is 1. The zero-order valence-corrected chi connectivity index (χ0v) is 15.3. The van der Waals surface area contributed by atoms with Crippen LogP contribution in [0.5, 0.6) is 0 Å². The van der Waals surface area contributed by atoms with E-state index in [1.165, 1.54) is 0 Å².